The Labute approximate surface area is 279 Å². The molecule has 0 spiro atoms. The second-order valence-electron chi connectivity index (χ2n) is 10.8. The Morgan fingerprint density at radius 2 is 1.56 bits per heavy atom. The summed E-state index contributed by atoms with van der Waals surface area (Å²) in [5.41, 5.74) is 2.58. The molecule has 4 rings (SSSR count). The molecule has 10 heteroatoms. The molecule has 0 saturated heterocycles. The van der Waals surface area contributed by atoms with Crippen LogP contribution in [0.4, 0.5) is 5.69 Å². The molecule has 1 atom stereocenters. The summed E-state index contributed by atoms with van der Waals surface area (Å²) in [6, 6.07) is 29.0. The fourth-order valence-electron chi connectivity index (χ4n) is 5.02. The van der Waals surface area contributed by atoms with Crippen molar-refractivity contribution in [2.24, 2.45) is 0 Å². The quantitative estimate of drug-likeness (QED) is 0.141. The fourth-order valence-corrected chi connectivity index (χ4v) is 7.20. The SMILES string of the molecule is CCCCNC(=O)C(Cc1ccccc1)N(Cc1cccc(Br)c1)C(=O)CN(c1ccc(Cl)cc1C)S(=O)(=O)c1ccccc1. The number of rotatable bonds is 14. The van der Waals surface area contributed by atoms with Gasteiger partial charge in [0.15, 0.2) is 0 Å². The van der Waals surface area contributed by atoms with E-state index in [1.54, 1.807) is 43.3 Å². The summed E-state index contributed by atoms with van der Waals surface area (Å²) < 4.78 is 30.2. The second kappa shape index (κ2) is 16.1. The molecule has 0 aliphatic rings. The van der Waals surface area contributed by atoms with Gasteiger partial charge in [0.1, 0.15) is 12.6 Å². The number of hydrogen-bond acceptors (Lipinski definition) is 4. The highest BCUT2D eigenvalue weighted by Gasteiger charge is 2.35. The van der Waals surface area contributed by atoms with Gasteiger partial charge in [-0.2, -0.15) is 0 Å². The van der Waals surface area contributed by atoms with Crippen molar-refractivity contribution < 1.29 is 18.0 Å². The van der Waals surface area contributed by atoms with E-state index in [4.69, 9.17) is 11.6 Å². The van der Waals surface area contributed by atoms with Gasteiger partial charge in [0.2, 0.25) is 11.8 Å². The summed E-state index contributed by atoms with van der Waals surface area (Å²) in [7, 11) is -4.19. The van der Waals surface area contributed by atoms with Crippen molar-refractivity contribution in [3.8, 4) is 0 Å². The zero-order valence-electron chi connectivity index (χ0n) is 25.3. The van der Waals surface area contributed by atoms with Gasteiger partial charge in [0.25, 0.3) is 10.0 Å². The van der Waals surface area contributed by atoms with Crippen LogP contribution in [0, 0.1) is 6.92 Å². The van der Waals surface area contributed by atoms with Crippen molar-refractivity contribution in [1.82, 2.24) is 10.2 Å². The van der Waals surface area contributed by atoms with Crippen LogP contribution in [0.15, 0.2) is 112 Å². The molecule has 0 heterocycles. The van der Waals surface area contributed by atoms with Crippen LogP contribution in [0.1, 0.15) is 36.5 Å². The first-order valence-electron chi connectivity index (χ1n) is 14.8. The normalized spacial score (nSPS) is 11.9. The number of benzene rings is 4. The molecule has 45 heavy (non-hydrogen) atoms. The minimum atomic E-state index is -4.19. The number of nitrogens with one attached hydrogen (secondary N) is 1. The van der Waals surface area contributed by atoms with Crippen LogP contribution in [-0.4, -0.2) is 44.3 Å². The van der Waals surface area contributed by atoms with Crippen LogP contribution in [0.3, 0.4) is 0 Å². The molecule has 0 radical (unpaired) electrons. The van der Waals surface area contributed by atoms with Gasteiger partial charge >= 0.3 is 0 Å². The maximum Gasteiger partial charge on any atom is 0.264 e. The third kappa shape index (κ3) is 9.19. The molecule has 1 unspecified atom stereocenters. The minimum Gasteiger partial charge on any atom is -0.354 e. The maximum atomic E-state index is 14.5. The van der Waals surface area contributed by atoms with E-state index >= 15 is 0 Å². The van der Waals surface area contributed by atoms with Crippen LogP contribution in [0.25, 0.3) is 0 Å². The molecule has 0 saturated carbocycles. The predicted octanol–water partition coefficient (Wildman–Crippen LogP) is 7.16. The molecule has 236 valence electrons. The lowest BCUT2D eigenvalue weighted by Gasteiger charge is -2.34. The highest BCUT2D eigenvalue weighted by molar-refractivity contribution is 9.10. The Balaban J connectivity index is 1.81. The van der Waals surface area contributed by atoms with Gasteiger partial charge in [0, 0.05) is 29.0 Å². The van der Waals surface area contributed by atoms with Crippen LogP contribution < -0.4 is 9.62 Å². The van der Waals surface area contributed by atoms with Gasteiger partial charge in [-0.05, 0) is 72.5 Å². The number of carbonyl (C=O) groups is 2. The van der Waals surface area contributed by atoms with Crippen LogP contribution in [0.5, 0.6) is 0 Å². The lowest BCUT2D eigenvalue weighted by atomic mass is 10.0. The largest absolute Gasteiger partial charge is 0.354 e. The first kappa shape index (κ1) is 34.2. The van der Waals surface area contributed by atoms with Crippen molar-refractivity contribution in [2.75, 3.05) is 17.4 Å². The second-order valence-corrected chi connectivity index (χ2v) is 14.0. The molecule has 2 amide bonds. The molecule has 0 aromatic heterocycles. The summed E-state index contributed by atoms with van der Waals surface area (Å²) in [6.07, 6.45) is 1.95. The van der Waals surface area contributed by atoms with E-state index in [2.05, 4.69) is 21.2 Å². The van der Waals surface area contributed by atoms with Gasteiger partial charge in [-0.3, -0.25) is 13.9 Å². The number of anilines is 1. The van der Waals surface area contributed by atoms with E-state index in [0.29, 0.717) is 22.8 Å². The van der Waals surface area contributed by atoms with Gasteiger partial charge in [0.05, 0.1) is 10.6 Å². The summed E-state index contributed by atoms with van der Waals surface area (Å²) in [5, 5.41) is 3.45. The lowest BCUT2D eigenvalue weighted by Crippen LogP contribution is -2.53. The average molecular weight is 711 g/mol. The number of hydrogen-bond donors (Lipinski definition) is 1. The zero-order chi connectivity index (χ0) is 32.4. The monoisotopic (exact) mass is 709 g/mol. The zero-order valence-corrected chi connectivity index (χ0v) is 28.5. The predicted molar refractivity (Wildman–Crippen MR) is 184 cm³/mol. The molecule has 4 aromatic rings. The van der Waals surface area contributed by atoms with Crippen molar-refractivity contribution >= 4 is 55.1 Å². The Morgan fingerprint density at radius 1 is 0.889 bits per heavy atom. The van der Waals surface area contributed by atoms with Crippen LogP contribution in [0.2, 0.25) is 5.02 Å². The van der Waals surface area contributed by atoms with Crippen molar-refractivity contribution in [2.45, 2.75) is 50.6 Å². The molecule has 7 nitrogen and oxygen atoms in total. The maximum absolute atomic E-state index is 14.5. The van der Waals surface area contributed by atoms with Crippen LogP contribution in [-0.2, 0) is 32.6 Å². The van der Waals surface area contributed by atoms with E-state index in [-0.39, 0.29) is 23.8 Å². The fraction of sp³-hybridized carbons (Fsp3) is 0.257. The summed E-state index contributed by atoms with van der Waals surface area (Å²) in [6.45, 7) is 3.82. The number of amides is 2. The topological polar surface area (TPSA) is 86.8 Å². The molecule has 0 aliphatic heterocycles. The third-order valence-electron chi connectivity index (χ3n) is 7.38. The Kier molecular flexibility index (Phi) is 12.2. The number of halogens is 2. The van der Waals surface area contributed by atoms with E-state index in [0.717, 1.165) is 32.7 Å². The van der Waals surface area contributed by atoms with Crippen molar-refractivity contribution in [3.05, 3.63) is 129 Å². The molecular formula is C35H37BrClN3O4S. The number of aryl methyl sites for hydroxylation is 1. The van der Waals surface area contributed by atoms with Crippen LogP contribution >= 0.6 is 27.5 Å². The van der Waals surface area contributed by atoms with E-state index in [1.807, 2.05) is 61.5 Å². The Morgan fingerprint density at radius 3 is 2.20 bits per heavy atom. The minimum absolute atomic E-state index is 0.0452. The van der Waals surface area contributed by atoms with Gasteiger partial charge in [-0.25, -0.2) is 8.42 Å². The average Bonchev–Trinajstić information content (AvgIpc) is 3.03. The van der Waals surface area contributed by atoms with Gasteiger partial charge in [-0.15, -0.1) is 0 Å². The summed E-state index contributed by atoms with van der Waals surface area (Å²) in [4.78, 5) is 29.9. The molecule has 1 N–H and O–H groups in total. The highest BCUT2D eigenvalue weighted by Crippen LogP contribution is 2.29. The number of nitrogens with zero attached hydrogens (tertiary/aromatic N) is 2. The third-order valence-corrected chi connectivity index (χ3v) is 9.88. The van der Waals surface area contributed by atoms with Crippen molar-refractivity contribution in [1.29, 1.82) is 0 Å². The van der Waals surface area contributed by atoms with E-state index in [9.17, 15) is 18.0 Å². The number of sulfonamides is 1. The first-order valence-corrected chi connectivity index (χ1v) is 17.4. The Hall–Kier alpha value is -3.66. The van der Waals surface area contributed by atoms with E-state index in [1.165, 1.54) is 17.0 Å². The van der Waals surface area contributed by atoms with E-state index < -0.39 is 28.5 Å². The molecule has 4 aromatic carbocycles. The first-order chi connectivity index (χ1) is 21.6. The Bertz CT molecular complexity index is 1700. The highest BCUT2D eigenvalue weighted by atomic mass is 79.9. The summed E-state index contributed by atoms with van der Waals surface area (Å²) in [5.74, 6) is -0.814. The number of unbranched alkanes of at least 4 members (excludes halogenated alkanes) is 1. The summed E-state index contributed by atoms with van der Waals surface area (Å²) >= 11 is 9.73. The molecular weight excluding hydrogens is 674 g/mol. The molecule has 0 aliphatic carbocycles. The van der Waals surface area contributed by atoms with Gasteiger partial charge in [-0.1, -0.05) is 102 Å². The van der Waals surface area contributed by atoms with Gasteiger partial charge < -0.3 is 10.2 Å². The van der Waals surface area contributed by atoms with Crippen molar-refractivity contribution in [3.63, 3.8) is 0 Å². The standard InChI is InChI=1S/C35H37BrClN3O4S/c1-3-4-20-38-35(42)33(23-27-12-7-5-8-13-27)39(24-28-14-11-15-29(36)22-28)34(41)25-40(32-19-18-30(37)21-26(32)2)45(43,44)31-16-9-6-10-17-31/h5-19,21-22,33H,3-4,20,23-25H2,1-2H3,(H,38,42). The smallest absolute Gasteiger partial charge is 0.264 e. The number of carbonyl (C=O) groups excluding carboxylic acids is 2. The lowest BCUT2D eigenvalue weighted by molar-refractivity contribution is -0.140. The molecule has 0 bridgehead atoms. The molecule has 0 fully saturated rings.